The van der Waals surface area contributed by atoms with E-state index in [1.54, 1.807) is 19.4 Å². The van der Waals surface area contributed by atoms with Crippen molar-refractivity contribution in [3.63, 3.8) is 0 Å². The first kappa shape index (κ1) is 23.5. The molecule has 1 amide bonds. The van der Waals surface area contributed by atoms with Crippen LogP contribution in [0.1, 0.15) is 32.9 Å². The minimum Gasteiger partial charge on any atom is -0.383 e. The molecule has 0 fully saturated rings. The Morgan fingerprint density at radius 2 is 2.03 bits per heavy atom. The molecule has 36 heavy (non-hydrogen) atoms. The van der Waals surface area contributed by atoms with Gasteiger partial charge in [0, 0.05) is 43.8 Å². The topological polar surface area (TPSA) is 113 Å². The molecule has 0 spiro atoms. The number of H-pyrrole nitrogens is 1. The predicted octanol–water partition coefficient (Wildman–Crippen LogP) is 2.80. The van der Waals surface area contributed by atoms with E-state index >= 15 is 0 Å². The molecule has 5 rings (SSSR count). The summed E-state index contributed by atoms with van der Waals surface area (Å²) in [5, 5.41) is 10.2. The first-order chi connectivity index (χ1) is 17.4. The molecule has 1 aliphatic rings. The van der Waals surface area contributed by atoms with Crippen molar-refractivity contribution in [2.45, 2.75) is 19.5 Å². The standard InChI is InChI=1S/C25H22F2N6O3/c1-36-7-6-28-25-29-11-15-12-33(13-22(15)30-25)24(35)19-8-14(2-5-20(19)27)9-21-17-4-3-16(26)10-18(17)23(34)32-31-21/h2-5,8,10-11H,6-7,9,12-13H2,1H3,(H,32,34)(H,28,29,30). The largest absolute Gasteiger partial charge is 0.383 e. The van der Waals surface area contributed by atoms with Gasteiger partial charge in [-0.25, -0.2) is 23.8 Å². The van der Waals surface area contributed by atoms with Gasteiger partial charge in [-0.2, -0.15) is 5.10 Å². The number of carbonyl (C=O) groups excluding carboxylic acids is 1. The number of methoxy groups -OCH3 is 1. The van der Waals surface area contributed by atoms with Crippen molar-refractivity contribution in [1.29, 1.82) is 0 Å². The van der Waals surface area contributed by atoms with Gasteiger partial charge in [0.05, 0.1) is 35.5 Å². The van der Waals surface area contributed by atoms with Crippen LogP contribution in [0.5, 0.6) is 0 Å². The maximum Gasteiger partial charge on any atom is 0.272 e. The molecule has 0 radical (unpaired) electrons. The molecule has 0 bridgehead atoms. The van der Waals surface area contributed by atoms with Crippen LogP contribution in [0.15, 0.2) is 47.4 Å². The Hall–Kier alpha value is -4.25. The Balaban J connectivity index is 1.36. The zero-order valence-electron chi connectivity index (χ0n) is 19.3. The molecule has 0 aliphatic carbocycles. The molecule has 2 aromatic heterocycles. The second-order valence-electron chi connectivity index (χ2n) is 8.43. The molecule has 184 valence electrons. The number of nitrogens with one attached hydrogen (secondary N) is 2. The number of fused-ring (bicyclic) bond motifs is 2. The number of aromatic amines is 1. The lowest BCUT2D eigenvalue weighted by molar-refractivity contribution is 0.0745. The molecule has 3 heterocycles. The van der Waals surface area contributed by atoms with E-state index in [0.717, 1.165) is 11.6 Å². The Labute approximate surface area is 204 Å². The van der Waals surface area contributed by atoms with Crippen molar-refractivity contribution in [3.8, 4) is 0 Å². The normalized spacial score (nSPS) is 12.7. The summed E-state index contributed by atoms with van der Waals surface area (Å²) in [6.07, 6.45) is 1.87. The van der Waals surface area contributed by atoms with Crippen LogP contribution < -0.4 is 10.9 Å². The summed E-state index contributed by atoms with van der Waals surface area (Å²) in [6.45, 7) is 1.55. The van der Waals surface area contributed by atoms with E-state index in [9.17, 15) is 18.4 Å². The first-order valence-corrected chi connectivity index (χ1v) is 11.2. The Morgan fingerprint density at radius 3 is 2.86 bits per heavy atom. The third-order valence-corrected chi connectivity index (χ3v) is 5.99. The summed E-state index contributed by atoms with van der Waals surface area (Å²) in [6, 6.07) is 8.14. The van der Waals surface area contributed by atoms with Crippen LogP contribution in [0.4, 0.5) is 14.7 Å². The van der Waals surface area contributed by atoms with Gasteiger partial charge in [-0.15, -0.1) is 0 Å². The van der Waals surface area contributed by atoms with Gasteiger partial charge in [0.1, 0.15) is 11.6 Å². The highest BCUT2D eigenvalue weighted by Crippen LogP contribution is 2.25. The van der Waals surface area contributed by atoms with E-state index in [-0.39, 0.29) is 30.5 Å². The molecule has 1 aliphatic heterocycles. The number of nitrogens with zero attached hydrogens (tertiary/aromatic N) is 4. The monoisotopic (exact) mass is 492 g/mol. The van der Waals surface area contributed by atoms with Crippen LogP contribution in [0.2, 0.25) is 0 Å². The van der Waals surface area contributed by atoms with Crippen LogP contribution in [0.25, 0.3) is 10.8 Å². The smallest absolute Gasteiger partial charge is 0.272 e. The molecule has 4 aromatic rings. The molecule has 0 atom stereocenters. The Kier molecular flexibility index (Phi) is 6.38. The fourth-order valence-corrected chi connectivity index (χ4v) is 4.19. The highest BCUT2D eigenvalue weighted by atomic mass is 19.1. The van der Waals surface area contributed by atoms with Gasteiger partial charge in [-0.05, 0) is 35.9 Å². The summed E-state index contributed by atoms with van der Waals surface area (Å²) in [7, 11) is 1.60. The molecule has 0 saturated heterocycles. The van der Waals surface area contributed by atoms with Crippen LogP contribution >= 0.6 is 0 Å². The van der Waals surface area contributed by atoms with E-state index in [2.05, 4.69) is 25.5 Å². The summed E-state index contributed by atoms with van der Waals surface area (Å²) in [5.41, 5.74) is 2.01. The predicted molar refractivity (Wildman–Crippen MR) is 128 cm³/mol. The van der Waals surface area contributed by atoms with Crippen molar-refractivity contribution in [2.24, 2.45) is 0 Å². The number of carbonyl (C=O) groups is 1. The number of benzene rings is 2. The Morgan fingerprint density at radius 1 is 1.17 bits per heavy atom. The maximum absolute atomic E-state index is 14.7. The molecule has 9 nitrogen and oxygen atoms in total. The van der Waals surface area contributed by atoms with E-state index in [4.69, 9.17) is 4.74 Å². The fraction of sp³-hybridized carbons (Fsp3) is 0.240. The number of aromatic nitrogens is 4. The zero-order valence-corrected chi connectivity index (χ0v) is 19.3. The molecular formula is C25H22F2N6O3. The first-order valence-electron chi connectivity index (χ1n) is 11.2. The van der Waals surface area contributed by atoms with Gasteiger partial charge in [-0.3, -0.25) is 9.59 Å². The fourth-order valence-electron chi connectivity index (χ4n) is 4.19. The Bertz CT molecular complexity index is 1520. The number of amides is 1. The van der Waals surface area contributed by atoms with Crippen molar-refractivity contribution < 1.29 is 18.3 Å². The van der Waals surface area contributed by atoms with Crippen LogP contribution in [0.3, 0.4) is 0 Å². The lowest BCUT2D eigenvalue weighted by Crippen LogP contribution is -2.26. The van der Waals surface area contributed by atoms with Crippen molar-refractivity contribution >= 4 is 22.6 Å². The molecule has 2 aromatic carbocycles. The van der Waals surface area contributed by atoms with Crippen LogP contribution in [-0.2, 0) is 24.2 Å². The van der Waals surface area contributed by atoms with Crippen molar-refractivity contribution in [3.05, 3.63) is 92.7 Å². The van der Waals surface area contributed by atoms with Crippen molar-refractivity contribution in [1.82, 2.24) is 25.1 Å². The number of ether oxygens (including phenoxy) is 1. The minimum absolute atomic E-state index is 0.0773. The highest BCUT2D eigenvalue weighted by molar-refractivity contribution is 5.95. The third kappa shape index (κ3) is 4.65. The average Bonchev–Trinajstić information content (AvgIpc) is 3.30. The molecule has 11 heteroatoms. The number of anilines is 1. The lowest BCUT2D eigenvalue weighted by atomic mass is 10.0. The molecule has 0 unspecified atom stereocenters. The summed E-state index contributed by atoms with van der Waals surface area (Å²) in [5.74, 6) is -1.21. The second kappa shape index (κ2) is 9.78. The number of hydrogen-bond donors (Lipinski definition) is 2. The lowest BCUT2D eigenvalue weighted by Gasteiger charge is -2.16. The van der Waals surface area contributed by atoms with Crippen LogP contribution in [-0.4, -0.2) is 51.2 Å². The van der Waals surface area contributed by atoms with Crippen molar-refractivity contribution in [2.75, 3.05) is 25.6 Å². The van der Waals surface area contributed by atoms with E-state index in [0.29, 0.717) is 41.4 Å². The highest BCUT2D eigenvalue weighted by Gasteiger charge is 2.28. The molecule has 2 N–H and O–H groups in total. The van der Waals surface area contributed by atoms with Gasteiger partial charge in [0.25, 0.3) is 11.5 Å². The van der Waals surface area contributed by atoms with Gasteiger partial charge in [-0.1, -0.05) is 6.07 Å². The second-order valence-corrected chi connectivity index (χ2v) is 8.43. The van der Waals surface area contributed by atoms with E-state index in [1.807, 2.05) is 0 Å². The van der Waals surface area contributed by atoms with Crippen LogP contribution in [0, 0.1) is 11.6 Å². The minimum atomic E-state index is -0.644. The van der Waals surface area contributed by atoms with Gasteiger partial charge < -0.3 is 15.0 Å². The van der Waals surface area contributed by atoms with E-state index in [1.165, 1.54) is 29.2 Å². The van der Waals surface area contributed by atoms with E-state index < -0.39 is 23.1 Å². The molecular weight excluding hydrogens is 470 g/mol. The summed E-state index contributed by atoms with van der Waals surface area (Å²) >= 11 is 0. The third-order valence-electron chi connectivity index (χ3n) is 5.99. The van der Waals surface area contributed by atoms with Gasteiger partial charge in [0.15, 0.2) is 0 Å². The van der Waals surface area contributed by atoms with Gasteiger partial charge in [0.2, 0.25) is 5.95 Å². The average molecular weight is 492 g/mol. The SMILES string of the molecule is COCCNc1ncc2c(n1)CN(C(=O)c1cc(Cc3n[nH]c(=O)c4cc(F)ccc34)ccc1F)C2. The van der Waals surface area contributed by atoms with Gasteiger partial charge >= 0.3 is 0 Å². The maximum atomic E-state index is 14.7. The number of hydrogen-bond acceptors (Lipinski definition) is 7. The summed E-state index contributed by atoms with van der Waals surface area (Å²) in [4.78, 5) is 35.5. The summed E-state index contributed by atoms with van der Waals surface area (Å²) < 4.78 is 33.4. The number of halogens is 2. The quantitative estimate of drug-likeness (QED) is 0.382. The zero-order chi connectivity index (χ0) is 25.2. The molecule has 0 saturated carbocycles. The number of rotatable bonds is 7.